The number of rotatable bonds is 4. The summed E-state index contributed by atoms with van der Waals surface area (Å²) in [7, 11) is 0. The number of hydrogen-bond acceptors (Lipinski definition) is 2. The summed E-state index contributed by atoms with van der Waals surface area (Å²) in [5.41, 5.74) is -1.01. The van der Waals surface area contributed by atoms with Crippen molar-refractivity contribution in [3.05, 3.63) is 12.2 Å². The van der Waals surface area contributed by atoms with Crippen LogP contribution in [0.2, 0.25) is 0 Å². The van der Waals surface area contributed by atoms with Crippen LogP contribution in [0.4, 0.5) is 13.2 Å². The van der Waals surface area contributed by atoms with Crippen molar-refractivity contribution in [3.8, 4) is 0 Å². The van der Waals surface area contributed by atoms with Crippen LogP contribution >= 0.6 is 0 Å². The zero-order valence-corrected chi connectivity index (χ0v) is 9.89. The molecule has 0 amide bonds. The Morgan fingerprint density at radius 1 is 1.38 bits per heavy atom. The molecule has 0 saturated carbocycles. The Hall–Kier alpha value is -1.00. The third-order valence-corrected chi connectivity index (χ3v) is 2.52. The predicted octanol–water partition coefficient (Wildman–Crippen LogP) is 3.33. The van der Waals surface area contributed by atoms with Gasteiger partial charge in [-0.05, 0) is 19.8 Å². The molecule has 0 fully saturated rings. The Bertz CT molecular complexity index is 269. The van der Waals surface area contributed by atoms with Crippen molar-refractivity contribution < 1.29 is 22.7 Å². The molecule has 16 heavy (non-hydrogen) atoms. The number of alkyl halides is 3. The summed E-state index contributed by atoms with van der Waals surface area (Å²) in [4.78, 5) is 11.6. The van der Waals surface area contributed by atoms with Crippen LogP contribution < -0.4 is 0 Å². The summed E-state index contributed by atoms with van der Waals surface area (Å²) < 4.78 is 40.0. The molecule has 0 saturated heterocycles. The molecule has 94 valence electrons. The van der Waals surface area contributed by atoms with E-state index in [4.69, 9.17) is 0 Å². The lowest BCUT2D eigenvalue weighted by Gasteiger charge is -2.28. The van der Waals surface area contributed by atoms with Crippen LogP contribution in [-0.2, 0) is 9.53 Å². The number of ether oxygens (including phenoxy) is 1. The molecule has 1 unspecified atom stereocenters. The lowest BCUT2D eigenvalue weighted by molar-refractivity contribution is -0.192. The van der Waals surface area contributed by atoms with E-state index in [1.807, 2.05) is 0 Å². The zero-order valence-electron chi connectivity index (χ0n) is 9.89. The number of halogens is 3. The highest BCUT2D eigenvalue weighted by Gasteiger charge is 2.38. The van der Waals surface area contributed by atoms with E-state index in [9.17, 15) is 18.0 Å². The number of hydrogen-bond donors (Lipinski definition) is 0. The first-order valence-electron chi connectivity index (χ1n) is 5.01. The Morgan fingerprint density at radius 3 is 2.19 bits per heavy atom. The Labute approximate surface area is 93.5 Å². The molecule has 0 aromatic heterocycles. The molecule has 0 aliphatic carbocycles. The number of carbonyl (C=O) groups excluding carboxylic acids is 1. The second kappa shape index (κ2) is 5.37. The smallest absolute Gasteiger partial charge is 0.422 e. The van der Waals surface area contributed by atoms with E-state index in [2.05, 4.69) is 4.74 Å². The number of allylic oxidation sites excluding steroid dienone is 1. The minimum atomic E-state index is -4.48. The maximum atomic E-state index is 11.9. The molecule has 1 atom stereocenters. The van der Waals surface area contributed by atoms with Crippen LogP contribution in [0.3, 0.4) is 0 Å². The molecule has 0 bridgehead atoms. The van der Waals surface area contributed by atoms with Crippen LogP contribution in [0, 0.1) is 11.3 Å². The first-order chi connectivity index (χ1) is 7.13. The topological polar surface area (TPSA) is 26.3 Å². The molecule has 0 heterocycles. The monoisotopic (exact) mass is 238 g/mol. The Kier molecular flexibility index (Phi) is 5.03. The van der Waals surface area contributed by atoms with Gasteiger partial charge in [-0.3, -0.25) is 4.79 Å². The van der Waals surface area contributed by atoms with Crippen LogP contribution in [0.15, 0.2) is 12.2 Å². The molecule has 0 aromatic carbocycles. The minimum Gasteiger partial charge on any atom is -0.455 e. The molecule has 0 aliphatic rings. The van der Waals surface area contributed by atoms with Crippen molar-refractivity contribution >= 4 is 5.97 Å². The maximum Gasteiger partial charge on any atom is 0.422 e. The Morgan fingerprint density at radius 2 is 1.88 bits per heavy atom. The summed E-state index contributed by atoms with van der Waals surface area (Å²) in [6.45, 7) is 5.25. The fraction of sp³-hybridized carbons (Fsp3) is 0.727. The summed E-state index contributed by atoms with van der Waals surface area (Å²) in [6.07, 6.45) is -1.28. The third kappa shape index (κ3) is 4.24. The molecule has 0 rings (SSSR count). The lowest BCUT2D eigenvalue weighted by atomic mass is 9.79. The highest BCUT2D eigenvalue weighted by atomic mass is 19.4. The summed E-state index contributed by atoms with van der Waals surface area (Å²) in [5.74, 6) is -0.984. The molecular weight excluding hydrogens is 221 g/mol. The average Bonchev–Trinajstić information content (AvgIpc) is 2.12. The first-order valence-corrected chi connectivity index (χ1v) is 5.01. The van der Waals surface area contributed by atoms with Gasteiger partial charge in [0.2, 0.25) is 0 Å². The fourth-order valence-electron chi connectivity index (χ4n) is 1.15. The molecule has 0 radical (unpaired) electrons. The second-order valence-corrected chi connectivity index (χ2v) is 4.13. The van der Waals surface area contributed by atoms with Gasteiger partial charge in [0.05, 0.1) is 5.41 Å². The molecular formula is C11H17F3O2. The van der Waals surface area contributed by atoms with Crippen LogP contribution in [0.1, 0.15) is 27.7 Å². The summed E-state index contributed by atoms with van der Waals surface area (Å²) in [6, 6.07) is 0. The minimum absolute atomic E-state index is 0.135. The van der Waals surface area contributed by atoms with Gasteiger partial charge in [-0.25, -0.2) is 0 Å². The first kappa shape index (κ1) is 15.0. The average molecular weight is 238 g/mol. The highest BCUT2D eigenvalue weighted by Crippen LogP contribution is 2.31. The van der Waals surface area contributed by atoms with Crippen molar-refractivity contribution in [2.24, 2.45) is 11.3 Å². The largest absolute Gasteiger partial charge is 0.455 e. The Balaban J connectivity index is 4.66. The van der Waals surface area contributed by atoms with Crippen molar-refractivity contribution in [2.75, 3.05) is 6.61 Å². The van der Waals surface area contributed by atoms with Gasteiger partial charge in [0.25, 0.3) is 0 Å². The summed E-state index contributed by atoms with van der Waals surface area (Å²) >= 11 is 0. The lowest BCUT2D eigenvalue weighted by Crippen LogP contribution is -2.35. The third-order valence-electron chi connectivity index (χ3n) is 2.52. The van der Waals surface area contributed by atoms with E-state index in [0.29, 0.717) is 0 Å². The number of esters is 1. The van der Waals surface area contributed by atoms with Gasteiger partial charge in [0.1, 0.15) is 0 Å². The maximum absolute atomic E-state index is 11.9. The van der Waals surface area contributed by atoms with Crippen LogP contribution in [0.25, 0.3) is 0 Å². The van der Waals surface area contributed by atoms with Crippen LogP contribution in [0.5, 0.6) is 0 Å². The molecule has 0 N–H and O–H groups in total. The van der Waals surface area contributed by atoms with Gasteiger partial charge in [-0.1, -0.05) is 26.0 Å². The van der Waals surface area contributed by atoms with E-state index in [1.165, 1.54) is 0 Å². The van der Waals surface area contributed by atoms with E-state index < -0.39 is 24.2 Å². The van der Waals surface area contributed by atoms with Crippen molar-refractivity contribution in [1.82, 2.24) is 0 Å². The standard InChI is InChI=1S/C11H17F3O2/c1-5-6-10(4,8(2)3)9(15)16-7-11(12,13)14/h5-6,8H,7H2,1-4H3/b6-5-. The summed E-state index contributed by atoms with van der Waals surface area (Å²) in [5, 5.41) is 0. The quantitative estimate of drug-likeness (QED) is 0.554. The van der Waals surface area contributed by atoms with E-state index in [-0.39, 0.29) is 5.92 Å². The highest BCUT2D eigenvalue weighted by molar-refractivity contribution is 5.79. The molecule has 0 spiro atoms. The van der Waals surface area contributed by atoms with Crippen molar-refractivity contribution in [2.45, 2.75) is 33.9 Å². The normalized spacial score (nSPS) is 16.5. The number of carbonyl (C=O) groups is 1. The van der Waals surface area contributed by atoms with E-state index >= 15 is 0 Å². The van der Waals surface area contributed by atoms with Crippen molar-refractivity contribution in [3.63, 3.8) is 0 Å². The zero-order chi connectivity index (χ0) is 13.0. The molecule has 5 heteroatoms. The van der Waals surface area contributed by atoms with Crippen molar-refractivity contribution in [1.29, 1.82) is 0 Å². The van der Waals surface area contributed by atoms with Gasteiger partial charge >= 0.3 is 12.1 Å². The van der Waals surface area contributed by atoms with Gasteiger partial charge < -0.3 is 4.74 Å². The molecule has 0 aliphatic heterocycles. The van der Waals surface area contributed by atoms with Gasteiger partial charge in [0, 0.05) is 0 Å². The second-order valence-electron chi connectivity index (χ2n) is 4.13. The van der Waals surface area contributed by atoms with E-state index in [1.54, 1.807) is 39.8 Å². The SMILES string of the molecule is C/C=C\C(C)(C(=O)OCC(F)(F)F)C(C)C. The predicted molar refractivity (Wildman–Crippen MR) is 54.8 cm³/mol. The van der Waals surface area contributed by atoms with Gasteiger partial charge in [-0.2, -0.15) is 13.2 Å². The molecule has 0 aromatic rings. The van der Waals surface area contributed by atoms with Crippen LogP contribution in [-0.4, -0.2) is 18.8 Å². The molecule has 2 nitrogen and oxygen atoms in total. The van der Waals surface area contributed by atoms with Gasteiger partial charge in [0.15, 0.2) is 6.61 Å². The fourth-order valence-corrected chi connectivity index (χ4v) is 1.15. The van der Waals surface area contributed by atoms with Gasteiger partial charge in [-0.15, -0.1) is 0 Å². The van der Waals surface area contributed by atoms with E-state index in [0.717, 1.165) is 0 Å².